The van der Waals surface area contributed by atoms with Crippen molar-refractivity contribution >= 4 is 38.4 Å². The summed E-state index contributed by atoms with van der Waals surface area (Å²) in [5.74, 6) is -2.81. The Morgan fingerprint density at radius 2 is 1.88 bits per heavy atom. The molecule has 0 spiro atoms. The van der Waals surface area contributed by atoms with E-state index in [4.69, 9.17) is 0 Å². The molecule has 1 aromatic carbocycles. The van der Waals surface area contributed by atoms with Gasteiger partial charge in [-0.2, -0.15) is 5.10 Å². The number of aryl methyl sites for hydroxylation is 2. The molecule has 9 heteroatoms. The Kier molecular flexibility index (Phi) is 5.96. The molecule has 0 bridgehead atoms. The van der Waals surface area contributed by atoms with Gasteiger partial charge in [0.05, 0.1) is 4.88 Å². The fourth-order valence-electron chi connectivity index (χ4n) is 3.98. The third kappa shape index (κ3) is 4.10. The topological polar surface area (TPSA) is 77.0 Å². The number of nitrogens with zero attached hydrogens (tertiary/aromatic N) is 4. The van der Waals surface area contributed by atoms with Gasteiger partial charge in [-0.05, 0) is 42.6 Å². The van der Waals surface area contributed by atoms with Crippen LogP contribution in [0.4, 0.5) is 8.78 Å². The van der Waals surface area contributed by atoms with Gasteiger partial charge in [0.1, 0.15) is 0 Å². The largest absolute Gasteiger partial charge is 0.337 e. The molecule has 0 saturated carbocycles. The summed E-state index contributed by atoms with van der Waals surface area (Å²) < 4.78 is 29.6. The summed E-state index contributed by atoms with van der Waals surface area (Å²) in [5.41, 5.74) is 8.10. The number of piperidine rings is 1. The first-order chi connectivity index (χ1) is 15.3. The van der Waals surface area contributed by atoms with Crippen LogP contribution in [0.25, 0.3) is 32.2 Å². The molecule has 0 radical (unpaired) electrons. The van der Waals surface area contributed by atoms with Crippen molar-refractivity contribution in [1.82, 2.24) is 19.7 Å². The first kappa shape index (κ1) is 22.3. The highest BCUT2D eigenvalue weighted by Crippen LogP contribution is 2.36. The van der Waals surface area contributed by atoms with Gasteiger partial charge in [0.25, 0.3) is 11.8 Å². The van der Waals surface area contributed by atoms with Gasteiger partial charge in [0.15, 0.2) is 5.65 Å². The van der Waals surface area contributed by atoms with E-state index < -0.39 is 5.92 Å². The van der Waals surface area contributed by atoms with Gasteiger partial charge in [-0.3, -0.25) is 9.48 Å². The fraction of sp³-hybridized carbons (Fsp3) is 0.348. The van der Waals surface area contributed by atoms with Gasteiger partial charge >= 0.3 is 0 Å². The summed E-state index contributed by atoms with van der Waals surface area (Å²) in [4.78, 5) is 19.6. The summed E-state index contributed by atoms with van der Waals surface area (Å²) in [7, 11) is 3.36. The van der Waals surface area contributed by atoms with Crippen LogP contribution in [0, 0.1) is 6.92 Å². The molecule has 5 rings (SSSR count). The second kappa shape index (κ2) is 8.55. The Morgan fingerprint density at radius 1 is 1.16 bits per heavy atom. The molecule has 0 aliphatic carbocycles. The Morgan fingerprint density at radius 3 is 2.59 bits per heavy atom. The van der Waals surface area contributed by atoms with E-state index in [9.17, 15) is 13.6 Å². The average molecular weight is 458 g/mol. The molecule has 1 saturated heterocycles. The number of hydrogen-bond donors (Lipinski definition) is 1. The van der Waals surface area contributed by atoms with Crippen molar-refractivity contribution in [1.29, 1.82) is 0 Å². The van der Waals surface area contributed by atoms with Crippen LogP contribution in [0.5, 0.6) is 0 Å². The highest BCUT2D eigenvalue weighted by atomic mass is 32.1. The molecule has 3 aromatic heterocycles. The molecule has 1 amide bonds. The highest BCUT2D eigenvalue weighted by Gasteiger charge is 2.36. The number of alkyl halides is 2. The molecule has 6 nitrogen and oxygen atoms in total. The maximum Gasteiger partial charge on any atom is 0.264 e. The van der Waals surface area contributed by atoms with E-state index in [0.717, 1.165) is 32.2 Å². The van der Waals surface area contributed by atoms with E-state index in [1.165, 1.54) is 18.4 Å². The number of amides is 1. The number of fused-ring (bicyclic) bond motifs is 2. The Balaban J connectivity index is 0.00000119. The summed E-state index contributed by atoms with van der Waals surface area (Å²) in [5, 5.41) is 6.29. The quantitative estimate of drug-likeness (QED) is 0.477. The van der Waals surface area contributed by atoms with E-state index in [1.54, 1.807) is 15.8 Å². The number of thiophene rings is 1. The van der Waals surface area contributed by atoms with Gasteiger partial charge in [-0.1, -0.05) is 12.1 Å². The van der Waals surface area contributed by atoms with E-state index in [-0.39, 0.29) is 31.8 Å². The maximum atomic E-state index is 13.4. The zero-order valence-electron chi connectivity index (χ0n) is 18.2. The van der Waals surface area contributed by atoms with Crippen LogP contribution in [-0.4, -0.2) is 51.6 Å². The van der Waals surface area contributed by atoms with Crippen molar-refractivity contribution in [2.24, 2.45) is 12.8 Å². The smallest absolute Gasteiger partial charge is 0.264 e. The normalized spacial score (nSPS) is 15.6. The highest BCUT2D eigenvalue weighted by molar-refractivity contribution is 7.21. The Bertz CT molecular complexity index is 1290. The molecule has 4 aromatic rings. The average Bonchev–Trinajstić information content (AvgIpc) is 3.32. The van der Waals surface area contributed by atoms with Crippen molar-refractivity contribution in [3.63, 3.8) is 0 Å². The zero-order valence-corrected chi connectivity index (χ0v) is 19.0. The first-order valence-electron chi connectivity index (χ1n) is 10.4. The van der Waals surface area contributed by atoms with E-state index in [1.807, 2.05) is 32.3 Å². The number of likely N-dealkylation sites (tertiary alicyclic amines) is 1. The lowest BCUT2D eigenvalue weighted by Crippen LogP contribution is -2.42. The van der Waals surface area contributed by atoms with Gasteiger partial charge in [0.2, 0.25) is 0 Å². The summed E-state index contributed by atoms with van der Waals surface area (Å²) in [6.07, 6.45) is 3.20. The minimum atomic E-state index is -2.66. The van der Waals surface area contributed by atoms with Crippen LogP contribution >= 0.6 is 11.3 Å². The van der Waals surface area contributed by atoms with Crippen molar-refractivity contribution in [3.05, 3.63) is 47.1 Å². The minimum Gasteiger partial charge on any atom is -0.337 e. The third-order valence-corrected chi connectivity index (χ3v) is 6.96. The number of aromatic nitrogens is 3. The van der Waals surface area contributed by atoms with E-state index >= 15 is 0 Å². The molecule has 1 aliphatic heterocycles. The van der Waals surface area contributed by atoms with Crippen molar-refractivity contribution < 1.29 is 13.6 Å². The van der Waals surface area contributed by atoms with Crippen molar-refractivity contribution in [2.75, 3.05) is 20.1 Å². The van der Waals surface area contributed by atoms with Crippen molar-refractivity contribution in [2.45, 2.75) is 25.7 Å². The number of benzene rings is 1. The molecular formula is C23H25F2N5OS. The second-order valence-electron chi connectivity index (χ2n) is 7.85. The van der Waals surface area contributed by atoms with Crippen LogP contribution in [0.2, 0.25) is 0 Å². The number of carbonyl (C=O) groups is 1. The monoisotopic (exact) mass is 457 g/mol. The number of halogens is 2. The van der Waals surface area contributed by atoms with Crippen molar-refractivity contribution in [3.8, 4) is 11.1 Å². The Labute approximate surface area is 188 Å². The van der Waals surface area contributed by atoms with Crippen LogP contribution in [0.15, 0.2) is 36.7 Å². The minimum absolute atomic E-state index is 0.0988. The van der Waals surface area contributed by atoms with Gasteiger partial charge < -0.3 is 10.6 Å². The van der Waals surface area contributed by atoms with E-state index in [2.05, 4.69) is 27.9 Å². The number of pyridine rings is 1. The molecule has 0 unspecified atom stereocenters. The number of carbonyl (C=O) groups excluding carboxylic acids is 1. The zero-order chi connectivity index (χ0) is 23.0. The molecule has 1 aliphatic rings. The molecule has 0 atom stereocenters. The lowest BCUT2D eigenvalue weighted by molar-refractivity contribution is -0.0493. The molecule has 1 fully saturated rings. The van der Waals surface area contributed by atoms with Gasteiger partial charge in [-0.25, -0.2) is 13.8 Å². The number of nitrogens with two attached hydrogens (primary N) is 1. The van der Waals surface area contributed by atoms with Crippen LogP contribution in [-0.2, 0) is 7.05 Å². The van der Waals surface area contributed by atoms with Gasteiger partial charge in [-0.15, -0.1) is 11.3 Å². The number of hydrogen-bond acceptors (Lipinski definition) is 5. The molecule has 2 N–H and O–H groups in total. The van der Waals surface area contributed by atoms with Crippen LogP contribution in [0.3, 0.4) is 0 Å². The third-order valence-electron chi connectivity index (χ3n) is 5.72. The summed E-state index contributed by atoms with van der Waals surface area (Å²) in [6.45, 7) is 2.12. The standard InChI is InChI=1S/C22H20F2N4OS.CH5N/c1-13-17-4-3-14(15-9-16-12-27(2)26-20(16)25-11-15)10-18(17)30-19(13)21(29)28-7-5-22(23,24)6-8-28;1-2/h3-4,9-12H,5-8H2,1-2H3;2H2,1H3. The maximum absolute atomic E-state index is 13.4. The predicted molar refractivity (Wildman–Crippen MR) is 124 cm³/mol. The Hall–Kier alpha value is -2.91. The molecule has 4 heterocycles. The predicted octanol–water partition coefficient (Wildman–Crippen LogP) is 4.60. The van der Waals surface area contributed by atoms with Crippen LogP contribution in [0.1, 0.15) is 28.1 Å². The lowest BCUT2D eigenvalue weighted by atomic mass is 10.0. The van der Waals surface area contributed by atoms with Crippen LogP contribution < -0.4 is 5.73 Å². The summed E-state index contributed by atoms with van der Waals surface area (Å²) in [6, 6.07) is 8.16. The molecular weight excluding hydrogens is 432 g/mol. The molecule has 168 valence electrons. The second-order valence-corrected chi connectivity index (χ2v) is 8.91. The molecule has 32 heavy (non-hydrogen) atoms. The fourth-order valence-corrected chi connectivity index (χ4v) is 5.20. The van der Waals surface area contributed by atoms with Gasteiger partial charge in [0, 0.05) is 61.0 Å². The lowest BCUT2D eigenvalue weighted by Gasteiger charge is -2.31. The van der Waals surface area contributed by atoms with E-state index in [0.29, 0.717) is 10.5 Å². The first-order valence-corrected chi connectivity index (χ1v) is 11.2. The summed E-state index contributed by atoms with van der Waals surface area (Å²) >= 11 is 1.43. The SMILES string of the molecule is CN.Cc1c(C(=O)N2CCC(F)(F)CC2)sc2cc(-c3cnc4nn(C)cc4c3)ccc12. The number of rotatable bonds is 2.